The number of benzene rings is 1. The molecule has 0 aliphatic carbocycles. The Morgan fingerprint density at radius 1 is 1.42 bits per heavy atom. The molecule has 9 nitrogen and oxygen atoms in total. The topological polar surface area (TPSA) is 111 Å². The third-order valence-electron chi connectivity index (χ3n) is 2.91. The molecule has 128 valence electrons. The van der Waals surface area contributed by atoms with Gasteiger partial charge in [-0.1, -0.05) is 11.8 Å². The van der Waals surface area contributed by atoms with E-state index in [-0.39, 0.29) is 28.9 Å². The lowest BCUT2D eigenvalue weighted by Gasteiger charge is -2.09. The monoisotopic (exact) mass is 351 g/mol. The van der Waals surface area contributed by atoms with E-state index < -0.39 is 0 Å². The molecule has 1 aromatic carbocycles. The summed E-state index contributed by atoms with van der Waals surface area (Å²) in [6, 6.07) is 3.14. The highest BCUT2D eigenvalue weighted by molar-refractivity contribution is 7.99. The molecule has 2 aromatic rings. The van der Waals surface area contributed by atoms with E-state index >= 15 is 0 Å². The van der Waals surface area contributed by atoms with Gasteiger partial charge < -0.3 is 19.1 Å². The van der Waals surface area contributed by atoms with Crippen molar-refractivity contribution in [2.75, 3.05) is 20.0 Å². The van der Waals surface area contributed by atoms with E-state index in [4.69, 9.17) is 9.47 Å². The molecule has 0 spiro atoms. The number of nitrogens with zero attached hydrogens (tertiary/aromatic N) is 4. The zero-order valence-corrected chi connectivity index (χ0v) is 14.2. The Bertz CT molecular complexity index is 722. The minimum absolute atomic E-state index is 0.0961. The predicted octanol–water partition coefficient (Wildman–Crippen LogP) is 0.780. The zero-order valence-electron chi connectivity index (χ0n) is 13.4. The number of rotatable bonds is 7. The van der Waals surface area contributed by atoms with Crippen LogP contribution in [0.25, 0.3) is 0 Å². The number of phenolic OH excluding ortho intramolecular Hbond substituents is 1. The molecule has 0 radical (unpaired) electrons. The van der Waals surface area contributed by atoms with Crippen LogP contribution in [0.1, 0.15) is 5.56 Å². The number of hydrogen-bond donors (Lipinski definition) is 2. The molecular weight excluding hydrogens is 334 g/mol. The number of thioether (sulfide) groups is 1. The first-order valence-corrected chi connectivity index (χ1v) is 7.77. The molecule has 1 amide bonds. The molecule has 0 unspecified atom stereocenters. The van der Waals surface area contributed by atoms with Crippen LogP contribution in [0.3, 0.4) is 0 Å². The fourth-order valence-electron chi connectivity index (χ4n) is 1.73. The molecule has 0 aliphatic heterocycles. The van der Waals surface area contributed by atoms with Gasteiger partial charge in [0.2, 0.25) is 5.75 Å². The van der Waals surface area contributed by atoms with Crippen LogP contribution in [0.5, 0.6) is 17.2 Å². The SMILES string of the molecule is COc1cc(C=NNC(=O)CSc2nncn2C)cc(OC)c1O. The molecule has 0 aliphatic rings. The van der Waals surface area contributed by atoms with E-state index in [1.54, 1.807) is 30.1 Å². The molecule has 10 heteroatoms. The van der Waals surface area contributed by atoms with E-state index in [0.29, 0.717) is 10.7 Å². The van der Waals surface area contributed by atoms with E-state index in [1.165, 1.54) is 32.2 Å². The van der Waals surface area contributed by atoms with Gasteiger partial charge in [0, 0.05) is 12.6 Å². The van der Waals surface area contributed by atoms with Crippen molar-refractivity contribution in [3.05, 3.63) is 24.0 Å². The number of phenols is 1. The van der Waals surface area contributed by atoms with E-state index in [0.717, 1.165) is 0 Å². The maximum Gasteiger partial charge on any atom is 0.250 e. The maximum absolute atomic E-state index is 11.7. The summed E-state index contributed by atoms with van der Waals surface area (Å²) in [4.78, 5) is 11.7. The highest BCUT2D eigenvalue weighted by atomic mass is 32.2. The van der Waals surface area contributed by atoms with Gasteiger partial charge in [-0.2, -0.15) is 5.10 Å². The summed E-state index contributed by atoms with van der Waals surface area (Å²) < 4.78 is 11.8. The molecule has 0 atom stereocenters. The van der Waals surface area contributed by atoms with E-state index in [9.17, 15) is 9.90 Å². The molecule has 0 bridgehead atoms. The Labute approximate surface area is 142 Å². The van der Waals surface area contributed by atoms with Crippen molar-refractivity contribution in [2.45, 2.75) is 5.16 Å². The Morgan fingerprint density at radius 2 is 2.08 bits per heavy atom. The number of amides is 1. The summed E-state index contributed by atoms with van der Waals surface area (Å²) in [5.74, 6) is 0.282. The molecule has 1 aromatic heterocycles. The van der Waals surface area contributed by atoms with Gasteiger partial charge in [0.1, 0.15) is 6.33 Å². The van der Waals surface area contributed by atoms with Crippen molar-refractivity contribution in [3.8, 4) is 17.2 Å². The summed E-state index contributed by atoms with van der Waals surface area (Å²) >= 11 is 1.25. The lowest BCUT2D eigenvalue weighted by atomic mass is 10.2. The lowest BCUT2D eigenvalue weighted by molar-refractivity contribution is -0.118. The minimum Gasteiger partial charge on any atom is -0.502 e. The molecule has 0 saturated carbocycles. The number of carbonyl (C=O) groups is 1. The highest BCUT2D eigenvalue weighted by Crippen LogP contribution is 2.36. The van der Waals surface area contributed by atoms with Crippen molar-refractivity contribution in [2.24, 2.45) is 12.1 Å². The van der Waals surface area contributed by atoms with Crippen molar-refractivity contribution in [3.63, 3.8) is 0 Å². The number of hydrazone groups is 1. The first-order valence-electron chi connectivity index (χ1n) is 6.78. The number of methoxy groups -OCH3 is 2. The number of aromatic hydroxyl groups is 1. The fourth-order valence-corrected chi connectivity index (χ4v) is 2.41. The van der Waals surface area contributed by atoms with Gasteiger partial charge in [-0.3, -0.25) is 4.79 Å². The number of aromatic nitrogens is 3. The number of hydrogen-bond acceptors (Lipinski definition) is 8. The summed E-state index contributed by atoms with van der Waals surface area (Å²) in [6.07, 6.45) is 2.99. The average Bonchev–Trinajstić information content (AvgIpc) is 2.99. The number of aryl methyl sites for hydroxylation is 1. The maximum atomic E-state index is 11.7. The van der Waals surface area contributed by atoms with Crippen molar-refractivity contribution < 1.29 is 19.4 Å². The number of carbonyl (C=O) groups excluding carboxylic acids is 1. The second-order valence-corrected chi connectivity index (χ2v) is 5.52. The van der Waals surface area contributed by atoms with Gasteiger partial charge in [0.25, 0.3) is 5.91 Å². The smallest absolute Gasteiger partial charge is 0.250 e. The third-order valence-corrected chi connectivity index (χ3v) is 3.94. The normalized spacial score (nSPS) is 10.8. The number of nitrogens with one attached hydrogen (secondary N) is 1. The van der Waals surface area contributed by atoms with Gasteiger partial charge in [-0.05, 0) is 12.1 Å². The molecule has 1 heterocycles. The van der Waals surface area contributed by atoms with Crippen LogP contribution in [0.4, 0.5) is 0 Å². The highest BCUT2D eigenvalue weighted by Gasteiger charge is 2.10. The van der Waals surface area contributed by atoms with Crippen molar-refractivity contribution in [1.29, 1.82) is 0 Å². The molecule has 0 fully saturated rings. The summed E-state index contributed by atoms with van der Waals surface area (Å²) in [7, 11) is 4.66. The second kappa shape index (κ2) is 8.20. The Morgan fingerprint density at radius 3 is 2.62 bits per heavy atom. The van der Waals surface area contributed by atoms with Crippen LogP contribution in [0.15, 0.2) is 28.7 Å². The summed E-state index contributed by atoms with van der Waals surface area (Å²) in [6.45, 7) is 0. The third kappa shape index (κ3) is 4.38. The predicted molar refractivity (Wildman–Crippen MR) is 88.7 cm³/mol. The molecule has 2 rings (SSSR count). The van der Waals surface area contributed by atoms with Crippen LogP contribution < -0.4 is 14.9 Å². The van der Waals surface area contributed by atoms with Crippen LogP contribution in [0, 0.1) is 0 Å². The summed E-state index contributed by atoms with van der Waals surface area (Å²) in [5.41, 5.74) is 3.01. The standard InChI is InChI=1S/C14H17N5O4S/c1-19-8-16-18-14(19)24-7-12(20)17-15-6-9-4-10(22-2)13(21)11(5-9)23-3/h4-6,8,21H,7H2,1-3H3,(H,17,20). The molecule has 2 N–H and O–H groups in total. The Hall–Kier alpha value is -2.75. The summed E-state index contributed by atoms with van der Waals surface area (Å²) in [5, 5.41) is 21.9. The zero-order chi connectivity index (χ0) is 17.5. The van der Waals surface area contributed by atoms with Gasteiger partial charge in [0.15, 0.2) is 16.7 Å². The van der Waals surface area contributed by atoms with Crippen LogP contribution in [-0.4, -0.2) is 52.0 Å². The van der Waals surface area contributed by atoms with Gasteiger partial charge >= 0.3 is 0 Å². The Balaban J connectivity index is 1.93. The first-order chi connectivity index (χ1) is 11.5. The molecule has 0 saturated heterocycles. The first kappa shape index (κ1) is 17.6. The number of ether oxygens (including phenoxy) is 2. The van der Waals surface area contributed by atoms with Crippen LogP contribution in [-0.2, 0) is 11.8 Å². The van der Waals surface area contributed by atoms with E-state index in [2.05, 4.69) is 20.7 Å². The lowest BCUT2D eigenvalue weighted by Crippen LogP contribution is -2.19. The van der Waals surface area contributed by atoms with Crippen LogP contribution >= 0.6 is 11.8 Å². The van der Waals surface area contributed by atoms with Gasteiger partial charge in [-0.25, -0.2) is 5.43 Å². The van der Waals surface area contributed by atoms with Gasteiger partial charge in [0.05, 0.1) is 26.2 Å². The largest absolute Gasteiger partial charge is 0.502 e. The van der Waals surface area contributed by atoms with Crippen molar-refractivity contribution >= 4 is 23.9 Å². The Kier molecular flexibility index (Phi) is 6.01. The molecular formula is C14H17N5O4S. The fraction of sp³-hybridized carbons (Fsp3) is 0.286. The molecule has 24 heavy (non-hydrogen) atoms. The van der Waals surface area contributed by atoms with E-state index in [1.807, 2.05) is 0 Å². The van der Waals surface area contributed by atoms with Crippen molar-refractivity contribution in [1.82, 2.24) is 20.2 Å². The quantitative estimate of drug-likeness (QED) is 0.431. The second-order valence-electron chi connectivity index (χ2n) is 4.58. The average molecular weight is 351 g/mol. The van der Waals surface area contributed by atoms with Gasteiger partial charge in [-0.15, -0.1) is 10.2 Å². The van der Waals surface area contributed by atoms with Crippen LogP contribution in [0.2, 0.25) is 0 Å². The minimum atomic E-state index is -0.281.